The molecule has 0 fully saturated rings. The third-order valence-electron chi connectivity index (χ3n) is 3.12. The van der Waals surface area contributed by atoms with Crippen molar-refractivity contribution < 1.29 is 4.39 Å². The molecule has 23 heavy (non-hydrogen) atoms. The summed E-state index contributed by atoms with van der Waals surface area (Å²) in [4.78, 5) is 4.24. The minimum absolute atomic E-state index is 0.212. The Kier molecular flexibility index (Phi) is 4.32. The molecular weight excluding hydrogens is 338 g/mol. The van der Waals surface area contributed by atoms with Crippen LogP contribution in [-0.2, 0) is 0 Å². The summed E-state index contributed by atoms with van der Waals surface area (Å²) in [5.41, 5.74) is 7.89. The lowest BCUT2D eigenvalue weighted by atomic mass is 10.2. The molecule has 3 rings (SSSR count). The standard InChI is InChI=1S/C16H11Cl2FN4/c17-11-3-6-13(14(18)7-11)15-9-23(16(20)22-15)21-8-10-1-4-12(19)5-2-10/h1-9H,(H2,20,22). The largest absolute Gasteiger partial charge is 0.368 e. The molecule has 2 aromatic carbocycles. The van der Waals surface area contributed by atoms with Gasteiger partial charge in [-0.3, -0.25) is 0 Å². The van der Waals surface area contributed by atoms with Gasteiger partial charge in [-0.1, -0.05) is 35.3 Å². The van der Waals surface area contributed by atoms with Crippen LogP contribution in [0.2, 0.25) is 10.0 Å². The molecule has 2 N–H and O–H groups in total. The number of anilines is 1. The Labute approximate surface area is 142 Å². The molecule has 0 spiro atoms. The molecule has 0 aliphatic carbocycles. The normalized spacial score (nSPS) is 11.3. The molecular formula is C16H11Cl2FN4. The Hall–Kier alpha value is -2.37. The number of nitrogen functional groups attached to an aromatic ring is 1. The summed E-state index contributed by atoms with van der Waals surface area (Å²) in [5, 5.41) is 5.23. The molecule has 3 aromatic rings. The molecule has 0 saturated heterocycles. The van der Waals surface area contributed by atoms with E-state index in [4.69, 9.17) is 28.9 Å². The van der Waals surface area contributed by atoms with Gasteiger partial charge in [0.1, 0.15) is 5.82 Å². The van der Waals surface area contributed by atoms with Crippen molar-refractivity contribution in [2.24, 2.45) is 5.10 Å². The van der Waals surface area contributed by atoms with Crippen molar-refractivity contribution >= 4 is 35.4 Å². The molecule has 1 aromatic heterocycles. The van der Waals surface area contributed by atoms with Gasteiger partial charge in [-0.15, -0.1) is 0 Å². The second-order valence-corrected chi connectivity index (χ2v) is 5.59. The van der Waals surface area contributed by atoms with Gasteiger partial charge in [0.25, 0.3) is 0 Å². The fraction of sp³-hybridized carbons (Fsp3) is 0. The maximum absolute atomic E-state index is 12.9. The summed E-state index contributed by atoms with van der Waals surface area (Å²) in [7, 11) is 0. The number of aromatic nitrogens is 2. The molecule has 0 unspecified atom stereocenters. The van der Waals surface area contributed by atoms with Gasteiger partial charge < -0.3 is 5.73 Å². The van der Waals surface area contributed by atoms with Crippen molar-refractivity contribution in [2.75, 3.05) is 5.73 Å². The highest BCUT2D eigenvalue weighted by Gasteiger charge is 2.10. The molecule has 0 bridgehead atoms. The van der Waals surface area contributed by atoms with Crippen LogP contribution in [-0.4, -0.2) is 15.9 Å². The first-order chi connectivity index (χ1) is 11.0. The van der Waals surface area contributed by atoms with Gasteiger partial charge in [-0.05, 0) is 35.9 Å². The molecule has 0 saturated carbocycles. The molecule has 1 heterocycles. The number of benzene rings is 2. The Morgan fingerprint density at radius 2 is 1.87 bits per heavy atom. The minimum Gasteiger partial charge on any atom is -0.368 e. The van der Waals surface area contributed by atoms with Gasteiger partial charge in [0.05, 0.1) is 23.1 Å². The molecule has 0 aliphatic rings. The summed E-state index contributed by atoms with van der Waals surface area (Å²) in [6.45, 7) is 0. The van der Waals surface area contributed by atoms with Crippen molar-refractivity contribution in [3.05, 3.63) is 70.1 Å². The third-order valence-corrected chi connectivity index (χ3v) is 3.67. The Morgan fingerprint density at radius 1 is 1.13 bits per heavy atom. The van der Waals surface area contributed by atoms with E-state index in [9.17, 15) is 4.39 Å². The number of imidazole rings is 1. The average molecular weight is 349 g/mol. The fourth-order valence-electron chi connectivity index (χ4n) is 1.98. The van der Waals surface area contributed by atoms with Crippen molar-refractivity contribution in [3.8, 4) is 11.3 Å². The van der Waals surface area contributed by atoms with Crippen LogP contribution in [0.4, 0.5) is 10.3 Å². The number of rotatable bonds is 3. The first-order valence-corrected chi connectivity index (χ1v) is 7.39. The topological polar surface area (TPSA) is 56.2 Å². The van der Waals surface area contributed by atoms with E-state index in [1.54, 1.807) is 42.7 Å². The Bertz CT molecular complexity index is 872. The van der Waals surface area contributed by atoms with E-state index in [0.717, 1.165) is 5.56 Å². The van der Waals surface area contributed by atoms with Crippen LogP contribution < -0.4 is 5.73 Å². The zero-order chi connectivity index (χ0) is 16.4. The second-order valence-electron chi connectivity index (χ2n) is 4.75. The molecule has 4 nitrogen and oxygen atoms in total. The Morgan fingerprint density at radius 3 is 2.57 bits per heavy atom. The van der Waals surface area contributed by atoms with E-state index in [1.165, 1.54) is 16.8 Å². The van der Waals surface area contributed by atoms with Gasteiger partial charge in [-0.2, -0.15) is 5.10 Å². The number of hydrogen-bond donors (Lipinski definition) is 1. The minimum atomic E-state index is -0.302. The summed E-state index contributed by atoms with van der Waals surface area (Å²) >= 11 is 12.0. The van der Waals surface area contributed by atoms with E-state index in [-0.39, 0.29) is 11.8 Å². The van der Waals surface area contributed by atoms with Crippen LogP contribution in [0.5, 0.6) is 0 Å². The van der Waals surface area contributed by atoms with E-state index < -0.39 is 0 Å². The van der Waals surface area contributed by atoms with Crippen molar-refractivity contribution in [2.45, 2.75) is 0 Å². The van der Waals surface area contributed by atoms with Crippen molar-refractivity contribution in [1.82, 2.24) is 9.66 Å². The Balaban J connectivity index is 1.90. The smallest absolute Gasteiger partial charge is 0.221 e. The van der Waals surface area contributed by atoms with Crippen molar-refractivity contribution in [3.63, 3.8) is 0 Å². The summed E-state index contributed by atoms with van der Waals surface area (Å²) < 4.78 is 14.3. The molecule has 0 amide bonds. The van der Waals surface area contributed by atoms with Gasteiger partial charge in [0.15, 0.2) is 0 Å². The summed E-state index contributed by atoms with van der Waals surface area (Å²) in [6.07, 6.45) is 3.22. The van der Waals surface area contributed by atoms with Crippen LogP contribution >= 0.6 is 23.2 Å². The van der Waals surface area contributed by atoms with Crippen LogP contribution in [0.15, 0.2) is 53.8 Å². The molecule has 7 heteroatoms. The number of nitrogens with zero attached hydrogens (tertiary/aromatic N) is 3. The van der Waals surface area contributed by atoms with E-state index in [1.807, 2.05) is 0 Å². The number of hydrogen-bond acceptors (Lipinski definition) is 3. The third kappa shape index (κ3) is 3.52. The lowest BCUT2D eigenvalue weighted by Gasteiger charge is -2.00. The van der Waals surface area contributed by atoms with Crippen LogP contribution in [0.25, 0.3) is 11.3 Å². The molecule has 0 radical (unpaired) electrons. The highest BCUT2D eigenvalue weighted by atomic mass is 35.5. The van der Waals surface area contributed by atoms with Crippen LogP contribution in [0.1, 0.15) is 5.56 Å². The monoisotopic (exact) mass is 348 g/mol. The van der Waals surface area contributed by atoms with Crippen LogP contribution in [0.3, 0.4) is 0 Å². The van der Waals surface area contributed by atoms with Crippen LogP contribution in [0, 0.1) is 5.82 Å². The van der Waals surface area contributed by atoms with Gasteiger partial charge in [0, 0.05) is 10.6 Å². The predicted octanol–water partition coefficient (Wildman–Crippen LogP) is 4.46. The van der Waals surface area contributed by atoms with E-state index in [2.05, 4.69) is 10.1 Å². The maximum atomic E-state index is 12.9. The average Bonchev–Trinajstić information content (AvgIpc) is 2.87. The van der Waals surface area contributed by atoms with Gasteiger partial charge in [-0.25, -0.2) is 14.1 Å². The molecule has 116 valence electrons. The second kappa shape index (κ2) is 6.40. The molecule has 0 aliphatic heterocycles. The lowest BCUT2D eigenvalue weighted by Crippen LogP contribution is -1.96. The zero-order valence-electron chi connectivity index (χ0n) is 11.7. The van der Waals surface area contributed by atoms with Gasteiger partial charge >= 0.3 is 0 Å². The maximum Gasteiger partial charge on any atom is 0.221 e. The van der Waals surface area contributed by atoms with E-state index in [0.29, 0.717) is 21.3 Å². The summed E-state index contributed by atoms with van der Waals surface area (Å²) in [6, 6.07) is 11.1. The van der Waals surface area contributed by atoms with E-state index >= 15 is 0 Å². The highest BCUT2D eigenvalue weighted by molar-refractivity contribution is 6.36. The SMILES string of the molecule is Nc1nc(-c2ccc(Cl)cc2Cl)cn1N=Cc1ccc(F)cc1. The first-order valence-electron chi connectivity index (χ1n) is 6.63. The first kappa shape index (κ1) is 15.5. The number of halogens is 3. The van der Waals surface area contributed by atoms with Gasteiger partial charge in [0.2, 0.25) is 5.95 Å². The van der Waals surface area contributed by atoms with Crippen molar-refractivity contribution in [1.29, 1.82) is 0 Å². The zero-order valence-corrected chi connectivity index (χ0v) is 13.3. The lowest BCUT2D eigenvalue weighted by molar-refractivity contribution is 0.628. The molecule has 0 atom stereocenters. The number of nitrogens with two attached hydrogens (primary N) is 1. The summed E-state index contributed by atoms with van der Waals surface area (Å²) in [5.74, 6) is -0.0895. The highest BCUT2D eigenvalue weighted by Crippen LogP contribution is 2.30. The quantitative estimate of drug-likeness (QED) is 0.710. The predicted molar refractivity (Wildman–Crippen MR) is 91.5 cm³/mol. The fourth-order valence-corrected chi connectivity index (χ4v) is 2.49.